The topological polar surface area (TPSA) is 75.8 Å². The van der Waals surface area contributed by atoms with E-state index < -0.39 is 5.97 Å². The van der Waals surface area contributed by atoms with E-state index >= 15 is 0 Å². The number of nitrogens with zero attached hydrogens (tertiary/aromatic N) is 1. The zero-order valence-electron chi connectivity index (χ0n) is 12.2. The highest BCUT2D eigenvalue weighted by Gasteiger charge is 2.27. The molecule has 1 aromatic rings. The van der Waals surface area contributed by atoms with E-state index in [1.54, 1.807) is 6.07 Å². The van der Waals surface area contributed by atoms with Crippen LogP contribution in [0.4, 0.5) is 11.4 Å². The van der Waals surface area contributed by atoms with E-state index in [0.717, 1.165) is 30.8 Å². The second-order valence-electron chi connectivity index (χ2n) is 5.45. The van der Waals surface area contributed by atoms with Crippen molar-refractivity contribution < 1.29 is 14.6 Å². The second kappa shape index (κ2) is 5.71. The number of nitrogen functional groups attached to an aromatic ring is 1. The van der Waals surface area contributed by atoms with Crippen LogP contribution in [0.25, 0.3) is 0 Å². The van der Waals surface area contributed by atoms with Crippen LogP contribution in [0, 0.1) is 12.8 Å². The molecule has 0 aliphatic carbocycles. The van der Waals surface area contributed by atoms with Crippen LogP contribution < -0.4 is 10.6 Å². The van der Waals surface area contributed by atoms with Gasteiger partial charge in [-0.3, -0.25) is 0 Å². The van der Waals surface area contributed by atoms with Crippen molar-refractivity contribution in [1.82, 2.24) is 0 Å². The summed E-state index contributed by atoms with van der Waals surface area (Å²) in [5, 5.41) is 9.68. The molecule has 0 saturated carbocycles. The van der Waals surface area contributed by atoms with E-state index in [1.807, 2.05) is 19.9 Å². The molecule has 1 heterocycles. The number of ether oxygens (including phenoxy) is 1. The molecule has 5 heteroatoms. The molecule has 1 saturated heterocycles. The van der Waals surface area contributed by atoms with Crippen LogP contribution >= 0.6 is 0 Å². The van der Waals surface area contributed by atoms with Crippen LogP contribution in [0.5, 0.6) is 0 Å². The van der Waals surface area contributed by atoms with Crippen LogP contribution in [0.15, 0.2) is 12.1 Å². The first kappa shape index (κ1) is 14.7. The van der Waals surface area contributed by atoms with Gasteiger partial charge in [-0.05, 0) is 38.0 Å². The number of esters is 1. The molecule has 2 atom stereocenters. The average Bonchev–Trinajstić information content (AvgIpc) is 2.90. The van der Waals surface area contributed by atoms with E-state index in [2.05, 4.69) is 4.90 Å². The molecule has 3 N–H and O–H groups in total. The summed E-state index contributed by atoms with van der Waals surface area (Å²) >= 11 is 0. The zero-order chi connectivity index (χ0) is 14.9. The Bertz CT molecular complexity index is 514. The van der Waals surface area contributed by atoms with Gasteiger partial charge < -0.3 is 20.5 Å². The van der Waals surface area contributed by atoms with E-state index in [0.29, 0.717) is 11.3 Å². The summed E-state index contributed by atoms with van der Waals surface area (Å²) in [6.07, 6.45) is 0.643. The Labute approximate surface area is 119 Å². The summed E-state index contributed by atoms with van der Waals surface area (Å²) in [7, 11) is 1.35. The molecule has 0 aromatic heterocycles. The van der Waals surface area contributed by atoms with Crippen molar-refractivity contribution in [2.24, 2.45) is 5.92 Å². The third kappa shape index (κ3) is 2.72. The van der Waals surface area contributed by atoms with Crippen LogP contribution in [0.1, 0.15) is 29.3 Å². The van der Waals surface area contributed by atoms with Crippen molar-refractivity contribution in [2.45, 2.75) is 26.4 Å². The van der Waals surface area contributed by atoms with Gasteiger partial charge >= 0.3 is 5.97 Å². The van der Waals surface area contributed by atoms with Crippen molar-refractivity contribution in [3.63, 3.8) is 0 Å². The summed E-state index contributed by atoms with van der Waals surface area (Å²) in [6.45, 7) is 5.37. The van der Waals surface area contributed by atoms with Crippen LogP contribution in [0.3, 0.4) is 0 Å². The summed E-state index contributed by atoms with van der Waals surface area (Å²) in [4.78, 5) is 13.9. The summed E-state index contributed by atoms with van der Waals surface area (Å²) in [6, 6.07) is 3.75. The molecule has 0 amide bonds. The number of carbonyl (C=O) groups is 1. The van der Waals surface area contributed by atoms with E-state index in [4.69, 9.17) is 10.5 Å². The summed E-state index contributed by atoms with van der Waals surface area (Å²) < 4.78 is 4.77. The Morgan fingerprint density at radius 2 is 2.25 bits per heavy atom. The van der Waals surface area contributed by atoms with E-state index in [1.165, 1.54) is 7.11 Å². The highest BCUT2D eigenvalue weighted by molar-refractivity contribution is 5.97. The maximum absolute atomic E-state index is 11.8. The van der Waals surface area contributed by atoms with Gasteiger partial charge in [-0.2, -0.15) is 0 Å². The number of rotatable bonds is 3. The van der Waals surface area contributed by atoms with Crippen LogP contribution in [0.2, 0.25) is 0 Å². The van der Waals surface area contributed by atoms with Gasteiger partial charge in [-0.15, -0.1) is 0 Å². The number of nitrogens with two attached hydrogens (primary N) is 1. The number of benzene rings is 1. The first-order valence-corrected chi connectivity index (χ1v) is 6.85. The largest absolute Gasteiger partial charge is 0.465 e. The molecule has 110 valence electrons. The number of anilines is 2. The molecule has 0 spiro atoms. The highest BCUT2D eigenvalue weighted by Crippen LogP contribution is 2.30. The Morgan fingerprint density at radius 1 is 1.55 bits per heavy atom. The number of aliphatic hydroxyl groups is 1. The predicted octanol–water partition coefficient (Wildman–Crippen LogP) is 1.57. The maximum atomic E-state index is 11.8. The zero-order valence-corrected chi connectivity index (χ0v) is 12.2. The Morgan fingerprint density at radius 3 is 2.80 bits per heavy atom. The number of hydrogen-bond acceptors (Lipinski definition) is 5. The van der Waals surface area contributed by atoms with Gasteiger partial charge in [-0.25, -0.2) is 4.79 Å². The Hall–Kier alpha value is -1.75. The molecular formula is C15H22N2O3. The van der Waals surface area contributed by atoms with E-state index in [9.17, 15) is 9.90 Å². The molecule has 0 radical (unpaired) electrons. The number of methoxy groups -OCH3 is 1. The number of carbonyl (C=O) groups excluding carboxylic acids is 1. The van der Waals surface area contributed by atoms with Crippen molar-refractivity contribution >= 4 is 17.3 Å². The molecule has 1 aliphatic rings. The van der Waals surface area contributed by atoms with Crippen molar-refractivity contribution in [3.8, 4) is 0 Å². The molecule has 20 heavy (non-hydrogen) atoms. The minimum absolute atomic E-state index is 0.273. The fourth-order valence-corrected chi connectivity index (χ4v) is 2.66. The van der Waals surface area contributed by atoms with Gasteiger partial charge in [-0.1, -0.05) is 0 Å². The first-order chi connectivity index (χ1) is 9.43. The molecule has 0 bridgehead atoms. The molecule has 5 nitrogen and oxygen atoms in total. The number of aliphatic hydroxyl groups excluding tert-OH is 1. The standard InChI is InChI=1S/C15H22N2O3/c1-9-6-12(7-13(14(9)16)15(19)20-3)17-5-4-11(8-17)10(2)18/h6-7,10-11,18H,4-5,8,16H2,1-3H3. The fraction of sp³-hybridized carbons (Fsp3) is 0.533. The van der Waals surface area contributed by atoms with Crippen molar-refractivity contribution in [3.05, 3.63) is 23.3 Å². The lowest BCUT2D eigenvalue weighted by molar-refractivity contribution is 0.0602. The number of aryl methyl sites for hydroxylation is 1. The van der Waals surface area contributed by atoms with Gasteiger partial charge in [0.25, 0.3) is 0 Å². The molecule has 1 aliphatic heterocycles. The minimum atomic E-state index is -0.418. The third-order valence-corrected chi connectivity index (χ3v) is 4.05. The van der Waals surface area contributed by atoms with Crippen molar-refractivity contribution in [2.75, 3.05) is 30.8 Å². The third-order valence-electron chi connectivity index (χ3n) is 4.05. The summed E-state index contributed by atoms with van der Waals surface area (Å²) in [5.74, 6) is -0.145. The first-order valence-electron chi connectivity index (χ1n) is 6.85. The van der Waals surface area contributed by atoms with E-state index in [-0.39, 0.29) is 12.0 Å². The lowest BCUT2D eigenvalue weighted by Gasteiger charge is -2.21. The predicted molar refractivity (Wildman–Crippen MR) is 78.9 cm³/mol. The number of hydrogen-bond donors (Lipinski definition) is 2. The van der Waals surface area contributed by atoms with Gasteiger partial charge in [0.1, 0.15) is 0 Å². The van der Waals surface area contributed by atoms with Crippen molar-refractivity contribution in [1.29, 1.82) is 0 Å². The normalized spacial score (nSPS) is 20.0. The minimum Gasteiger partial charge on any atom is -0.465 e. The molecule has 2 rings (SSSR count). The SMILES string of the molecule is COC(=O)c1cc(N2CCC(C(C)O)C2)cc(C)c1N. The van der Waals surface area contributed by atoms with Gasteiger partial charge in [0.2, 0.25) is 0 Å². The van der Waals surface area contributed by atoms with Gasteiger partial charge in [0.05, 0.1) is 18.8 Å². The highest BCUT2D eigenvalue weighted by atomic mass is 16.5. The lowest BCUT2D eigenvalue weighted by atomic mass is 10.0. The Balaban J connectivity index is 2.30. The molecule has 1 fully saturated rings. The van der Waals surface area contributed by atoms with Crippen LogP contribution in [-0.2, 0) is 4.74 Å². The monoisotopic (exact) mass is 278 g/mol. The summed E-state index contributed by atoms with van der Waals surface area (Å²) in [5.41, 5.74) is 8.64. The molecular weight excluding hydrogens is 256 g/mol. The van der Waals surface area contributed by atoms with Crippen LogP contribution in [-0.4, -0.2) is 37.4 Å². The van der Waals surface area contributed by atoms with Gasteiger partial charge in [0.15, 0.2) is 0 Å². The quantitative estimate of drug-likeness (QED) is 0.648. The maximum Gasteiger partial charge on any atom is 0.340 e. The lowest BCUT2D eigenvalue weighted by Crippen LogP contribution is -2.24. The fourth-order valence-electron chi connectivity index (χ4n) is 2.66. The molecule has 1 aromatic carbocycles. The van der Waals surface area contributed by atoms with Gasteiger partial charge in [0, 0.05) is 30.4 Å². The smallest absolute Gasteiger partial charge is 0.340 e. The second-order valence-corrected chi connectivity index (χ2v) is 5.45. The average molecular weight is 278 g/mol. The Kier molecular flexibility index (Phi) is 4.18. The molecule has 2 unspecified atom stereocenters.